The highest BCUT2D eigenvalue weighted by molar-refractivity contribution is 5.63. The Bertz CT molecular complexity index is 543. The first-order valence-electron chi connectivity index (χ1n) is 5.18. The molecule has 2 aromatic rings. The van der Waals surface area contributed by atoms with Gasteiger partial charge in [0.05, 0.1) is 7.11 Å². The molecule has 0 unspecified atom stereocenters. The van der Waals surface area contributed by atoms with Gasteiger partial charge in [-0.25, -0.2) is 0 Å². The van der Waals surface area contributed by atoms with E-state index in [-0.39, 0.29) is 0 Å². The van der Waals surface area contributed by atoms with Crippen LogP contribution in [0.15, 0.2) is 48.5 Å². The number of hydrogen-bond acceptors (Lipinski definition) is 3. The zero-order valence-electron chi connectivity index (χ0n) is 9.42. The van der Waals surface area contributed by atoms with E-state index in [1.54, 1.807) is 19.2 Å². The van der Waals surface area contributed by atoms with Gasteiger partial charge in [0.25, 0.3) is 0 Å². The van der Waals surface area contributed by atoms with Crippen LogP contribution in [0.25, 0.3) is 4.98 Å². The van der Waals surface area contributed by atoms with Crippen LogP contribution in [0.1, 0.15) is 0 Å². The molecule has 2 aromatic carbocycles. The van der Waals surface area contributed by atoms with Crippen molar-refractivity contribution in [3.63, 3.8) is 0 Å². The molecule has 84 valence electrons. The van der Waals surface area contributed by atoms with Crippen LogP contribution in [-0.2, 0) is 0 Å². The molecule has 0 aromatic heterocycles. The quantitative estimate of drug-likeness (QED) is 0.807. The Hall–Kier alpha value is -2.54. The summed E-state index contributed by atoms with van der Waals surface area (Å²) in [7, 11) is 1.64. The monoisotopic (exact) mass is 226 g/mol. The number of methoxy groups -OCH3 is 1. The molecule has 0 aliphatic heterocycles. The minimum Gasteiger partial charge on any atom is -0.497 e. The molecule has 1 N–H and O–H groups in total. The molecule has 2 rings (SSSR count). The van der Waals surface area contributed by atoms with Crippen molar-refractivity contribution in [2.75, 3.05) is 12.4 Å². The van der Waals surface area contributed by atoms with Gasteiger partial charge in [-0.15, -0.1) is 0 Å². The highest BCUT2D eigenvalue weighted by atomic mass is 16.5. The standard InChI is InChI=1S/C13H12N3O/c1-17-13-4-2-3-12(9-13)15-10-5-7-11(16-14)8-6-10/h2-9,15H,1H3/q+1. The number of diazo groups is 1. The third kappa shape index (κ3) is 2.73. The van der Waals surface area contributed by atoms with Crippen molar-refractivity contribution in [2.24, 2.45) is 0 Å². The third-order valence-electron chi connectivity index (χ3n) is 2.34. The van der Waals surface area contributed by atoms with Gasteiger partial charge in [0.1, 0.15) is 5.75 Å². The van der Waals surface area contributed by atoms with Gasteiger partial charge in [-0.3, -0.25) is 0 Å². The zero-order valence-corrected chi connectivity index (χ0v) is 9.42. The predicted molar refractivity (Wildman–Crippen MR) is 67.5 cm³/mol. The van der Waals surface area contributed by atoms with Gasteiger partial charge in [-0.2, -0.15) is 0 Å². The molecule has 0 spiro atoms. The normalized spacial score (nSPS) is 9.41. The van der Waals surface area contributed by atoms with E-state index in [1.165, 1.54) is 0 Å². The van der Waals surface area contributed by atoms with E-state index in [0.717, 1.165) is 17.1 Å². The van der Waals surface area contributed by atoms with Crippen LogP contribution >= 0.6 is 0 Å². The van der Waals surface area contributed by atoms with Crippen molar-refractivity contribution in [1.82, 2.24) is 0 Å². The first kappa shape index (κ1) is 11.0. The van der Waals surface area contributed by atoms with Crippen LogP contribution in [0.4, 0.5) is 17.1 Å². The van der Waals surface area contributed by atoms with Crippen molar-refractivity contribution >= 4 is 17.1 Å². The Kier molecular flexibility index (Phi) is 3.22. The minimum absolute atomic E-state index is 0.529. The molecule has 0 bridgehead atoms. The highest BCUT2D eigenvalue weighted by Gasteiger charge is 2.03. The molecule has 0 radical (unpaired) electrons. The molecule has 0 saturated carbocycles. The van der Waals surface area contributed by atoms with Crippen LogP contribution in [0, 0.1) is 5.39 Å². The average molecular weight is 226 g/mol. The van der Waals surface area contributed by atoms with E-state index in [9.17, 15) is 0 Å². The van der Waals surface area contributed by atoms with Gasteiger partial charge in [0, 0.05) is 29.6 Å². The Morgan fingerprint density at radius 2 is 1.82 bits per heavy atom. The van der Waals surface area contributed by atoms with E-state index in [0.29, 0.717) is 5.69 Å². The minimum atomic E-state index is 0.529. The van der Waals surface area contributed by atoms with Crippen LogP contribution in [0.2, 0.25) is 0 Å². The van der Waals surface area contributed by atoms with Crippen molar-refractivity contribution < 1.29 is 4.74 Å². The molecular weight excluding hydrogens is 214 g/mol. The molecule has 0 atom stereocenters. The summed E-state index contributed by atoms with van der Waals surface area (Å²) in [6.07, 6.45) is 0. The Labute approximate surface area is 99.5 Å². The third-order valence-corrected chi connectivity index (χ3v) is 2.34. The van der Waals surface area contributed by atoms with E-state index in [1.807, 2.05) is 36.4 Å². The lowest BCUT2D eigenvalue weighted by Crippen LogP contribution is -1.90. The van der Waals surface area contributed by atoms with Crippen molar-refractivity contribution in [3.05, 3.63) is 53.5 Å². The molecule has 0 aliphatic carbocycles. The fraction of sp³-hybridized carbons (Fsp3) is 0.0769. The average Bonchev–Trinajstić information content (AvgIpc) is 2.40. The highest BCUT2D eigenvalue weighted by Crippen LogP contribution is 2.22. The largest absolute Gasteiger partial charge is 0.497 e. The molecule has 4 heteroatoms. The van der Waals surface area contributed by atoms with Crippen LogP contribution < -0.4 is 10.1 Å². The number of rotatable bonds is 3. The fourth-order valence-corrected chi connectivity index (χ4v) is 1.48. The lowest BCUT2D eigenvalue weighted by molar-refractivity contribution is 0.415. The molecule has 0 fully saturated rings. The maximum absolute atomic E-state index is 8.57. The van der Waals surface area contributed by atoms with Gasteiger partial charge in [0.15, 0.2) is 4.98 Å². The maximum Gasteiger partial charge on any atom is 0.385 e. The van der Waals surface area contributed by atoms with Crippen molar-refractivity contribution in [3.8, 4) is 5.75 Å². The Morgan fingerprint density at radius 3 is 2.47 bits per heavy atom. The number of hydrogen-bond donors (Lipinski definition) is 1. The summed E-state index contributed by atoms with van der Waals surface area (Å²) >= 11 is 0. The van der Waals surface area contributed by atoms with Gasteiger partial charge < -0.3 is 10.1 Å². The molecular formula is C13H12N3O+. The number of ether oxygens (including phenoxy) is 1. The first-order chi connectivity index (χ1) is 8.31. The topological polar surface area (TPSA) is 49.4 Å². The number of anilines is 2. The number of nitrogens with one attached hydrogen (secondary N) is 1. The second-order valence-corrected chi connectivity index (χ2v) is 3.50. The second-order valence-electron chi connectivity index (χ2n) is 3.50. The summed E-state index contributed by atoms with van der Waals surface area (Å²) in [4.78, 5) is 3.10. The molecule has 0 saturated heterocycles. The zero-order chi connectivity index (χ0) is 12.1. The smallest absolute Gasteiger partial charge is 0.385 e. The summed E-state index contributed by atoms with van der Waals surface area (Å²) in [6.45, 7) is 0. The van der Waals surface area contributed by atoms with Gasteiger partial charge >= 0.3 is 5.69 Å². The lowest BCUT2D eigenvalue weighted by atomic mass is 10.2. The molecule has 17 heavy (non-hydrogen) atoms. The Morgan fingerprint density at radius 1 is 1.06 bits per heavy atom. The molecule has 0 amide bonds. The summed E-state index contributed by atoms with van der Waals surface area (Å²) in [5.74, 6) is 0.803. The number of nitrogens with zero attached hydrogens (tertiary/aromatic N) is 2. The summed E-state index contributed by atoms with van der Waals surface area (Å²) < 4.78 is 5.14. The number of benzene rings is 2. The summed E-state index contributed by atoms with van der Waals surface area (Å²) in [5.41, 5.74) is 2.39. The van der Waals surface area contributed by atoms with Crippen LogP contribution in [-0.4, -0.2) is 7.11 Å². The lowest BCUT2D eigenvalue weighted by Gasteiger charge is -2.07. The van der Waals surface area contributed by atoms with Gasteiger partial charge in [0.2, 0.25) is 5.39 Å². The van der Waals surface area contributed by atoms with Gasteiger partial charge in [-0.1, -0.05) is 6.07 Å². The van der Waals surface area contributed by atoms with Crippen LogP contribution in [0.5, 0.6) is 5.75 Å². The predicted octanol–water partition coefficient (Wildman–Crippen LogP) is 3.92. The van der Waals surface area contributed by atoms with Crippen molar-refractivity contribution in [2.45, 2.75) is 0 Å². The van der Waals surface area contributed by atoms with Crippen molar-refractivity contribution in [1.29, 1.82) is 5.39 Å². The Balaban J connectivity index is 2.16. The van der Waals surface area contributed by atoms with E-state index < -0.39 is 0 Å². The first-order valence-corrected chi connectivity index (χ1v) is 5.18. The molecule has 4 nitrogen and oxygen atoms in total. The van der Waals surface area contributed by atoms with E-state index >= 15 is 0 Å². The van der Waals surface area contributed by atoms with E-state index in [4.69, 9.17) is 10.1 Å². The maximum atomic E-state index is 8.57. The second kappa shape index (κ2) is 4.99. The molecule has 0 heterocycles. The van der Waals surface area contributed by atoms with Gasteiger partial charge in [-0.05, 0) is 24.3 Å². The van der Waals surface area contributed by atoms with Crippen LogP contribution in [0.3, 0.4) is 0 Å². The summed E-state index contributed by atoms with van der Waals surface area (Å²) in [6, 6.07) is 14.8. The fourth-order valence-electron chi connectivity index (χ4n) is 1.48. The summed E-state index contributed by atoms with van der Waals surface area (Å²) in [5, 5.41) is 11.8. The molecule has 0 aliphatic rings. The SMILES string of the molecule is COc1cccc(Nc2ccc([N+]#N)cc2)c1. The van der Waals surface area contributed by atoms with E-state index in [2.05, 4.69) is 10.3 Å².